The lowest BCUT2D eigenvalue weighted by Gasteiger charge is -2.45. The van der Waals surface area contributed by atoms with Crippen LogP contribution in [-0.4, -0.2) is 31.2 Å². The van der Waals surface area contributed by atoms with Gasteiger partial charge in [-0.05, 0) is 147 Å². The fourth-order valence-electron chi connectivity index (χ4n) is 14.5. The van der Waals surface area contributed by atoms with Gasteiger partial charge in [0, 0.05) is 78.2 Å². The molecule has 0 saturated heterocycles. The van der Waals surface area contributed by atoms with E-state index in [1.807, 2.05) is 12.1 Å². The summed E-state index contributed by atoms with van der Waals surface area (Å²) in [6.45, 7) is 13.7. The second kappa shape index (κ2) is 23.1. The van der Waals surface area contributed by atoms with Gasteiger partial charge in [-0.15, -0.1) is 0 Å². The fraction of sp³-hybridized carbons (Fsp3) is 0.0909. The van der Waals surface area contributed by atoms with Crippen molar-refractivity contribution in [2.75, 3.05) is 9.80 Å². The number of fused-ring (bicyclic) bond motifs is 7. The molecule has 0 aliphatic carbocycles. The maximum absolute atomic E-state index is 5.84. The normalized spacial score (nSPS) is 12.6. The molecule has 17 rings (SSSR count). The minimum absolute atomic E-state index is 0.0416. The SMILES string of the molecule is CC(C)(C)c1ccc2c(c1)c1cc(C(C)(C)C)ccc1n2-c1ccc(-c2nc(-c3ccccc3)cc(-c3ccccc3)n2)cc1-c1nc(-c2ccccc2)cc(-c2cccc(-c3ccc4c5c3N(c3ccccc3)c3ccccc3B5c3ccccc3N4c3ccccc3)c2)n1. The largest absolute Gasteiger partial charge is 0.311 e. The van der Waals surface area contributed by atoms with Crippen LogP contribution in [0.15, 0.2) is 303 Å². The zero-order valence-electron chi connectivity index (χ0n) is 54.6. The van der Waals surface area contributed by atoms with Gasteiger partial charge in [-0.3, -0.25) is 0 Å². The standard InChI is InChI=1S/C88H68BN7/c1-87(2,3)63-44-48-77-68(53-63)69-54-64(88(4,5)6)45-49-78(69)96(77)79-47-43-62(85-90-73(57-27-12-7-13-28-57)55-74(91-85)58-29-14-8-15-30-58)52-70(79)86-92-75(59-31-16-9-17-32-59)56-76(93-86)61-34-26-33-60(51-61)67-46-50-82-83-84(67)95(66-37-20-11-21-38-66)81-42-25-23-40-72(81)89(83)71-39-22-24-41-80(71)94(82)65-35-18-10-19-36-65/h7-56H,1-6H3. The molecule has 2 aliphatic heterocycles. The highest BCUT2D eigenvalue weighted by Gasteiger charge is 2.44. The van der Waals surface area contributed by atoms with Gasteiger partial charge in [0.2, 0.25) is 0 Å². The molecule has 5 heterocycles. The van der Waals surface area contributed by atoms with E-state index in [4.69, 9.17) is 19.9 Å². The predicted octanol–water partition coefficient (Wildman–Crippen LogP) is 20.7. The maximum atomic E-state index is 5.84. The molecule has 0 amide bonds. The summed E-state index contributed by atoms with van der Waals surface area (Å²) in [6, 6.07) is 110. The Morgan fingerprint density at radius 1 is 0.292 bits per heavy atom. The van der Waals surface area contributed by atoms with Crippen molar-refractivity contribution in [3.05, 3.63) is 314 Å². The molecule has 8 heteroatoms. The molecule has 96 heavy (non-hydrogen) atoms. The smallest absolute Gasteiger partial charge is 0.252 e. The average Bonchev–Trinajstić information content (AvgIpc) is 0.932. The minimum Gasteiger partial charge on any atom is -0.311 e. The van der Waals surface area contributed by atoms with Crippen molar-refractivity contribution >= 4 is 79.0 Å². The molecule has 15 aromatic rings. The molecule has 0 atom stereocenters. The number of nitrogens with zero attached hydrogens (tertiary/aromatic N) is 7. The quantitative estimate of drug-likeness (QED) is 0.127. The molecule has 7 nitrogen and oxygen atoms in total. The Morgan fingerprint density at radius 3 is 1.24 bits per heavy atom. The number of anilines is 6. The number of benzene rings is 12. The second-order valence-electron chi connectivity index (χ2n) is 27.4. The van der Waals surface area contributed by atoms with Crippen molar-refractivity contribution in [2.24, 2.45) is 0 Å². The van der Waals surface area contributed by atoms with E-state index in [1.54, 1.807) is 0 Å². The van der Waals surface area contributed by atoms with E-state index in [2.05, 4.69) is 347 Å². The monoisotopic (exact) mass is 1230 g/mol. The van der Waals surface area contributed by atoms with Gasteiger partial charge >= 0.3 is 0 Å². The molecule has 0 radical (unpaired) electrons. The third-order valence-electron chi connectivity index (χ3n) is 19.3. The van der Waals surface area contributed by atoms with Gasteiger partial charge in [0.05, 0.1) is 45.2 Å². The lowest BCUT2D eigenvalue weighted by molar-refractivity contribution is 0.590. The summed E-state index contributed by atoms with van der Waals surface area (Å²) in [7, 11) is 0. The number of rotatable bonds is 10. The van der Waals surface area contributed by atoms with Gasteiger partial charge < -0.3 is 14.4 Å². The first-order valence-electron chi connectivity index (χ1n) is 33.2. The van der Waals surface area contributed by atoms with E-state index in [9.17, 15) is 0 Å². The van der Waals surface area contributed by atoms with Crippen LogP contribution in [0.3, 0.4) is 0 Å². The molecule has 0 N–H and O–H groups in total. The molecule has 0 fully saturated rings. The number of hydrogen-bond acceptors (Lipinski definition) is 6. The summed E-state index contributed by atoms with van der Waals surface area (Å²) in [6.07, 6.45) is 0. The number of aromatic nitrogens is 5. The van der Waals surface area contributed by atoms with Crippen LogP contribution in [0.25, 0.3) is 106 Å². The first-order valence-corrected chi connectivity index (χ1v) is 33.2. The zero-order valence-corrected chi connectivity index (χ0v) is 54.6. The van der Waals surface area contributed by atoms with Crippen LogP contribution in [0.2, 0.25) is 0 Å². The van der Waals surface area contributed by atoms with Crippen molar-refractivity contribution in [3.8, 4) is 84.6 Å². The van der Waals surface area contributed by atoms with Crippen LogP contribution in [0.1, 0.15) is 52.7 Å². The first-order chi connectivity index (χ1) is 46.9. The lowest BCUT2D eigenvalue weighted by Crippen LogP contribution is -2.61. The Labute approximate surface area is 561 Å². The van der Waals surface area contributed by atoms with Gasteiger partial charge in [0.15, 0.2) is 11.6 Å². The molecular weight excluding hydrogens is 1170 g/mol. The van der Waals surface area contributed by atoms with Crippen molar-refractivity contribution in [3.63, 3.8) is 0 Å². The highest BCUT2D eigenvalue weighted by molar-refractivity contribution is 7.00. The topological polar surface area (TPSA) is 63.0 Å². The average molecular weight is 1230 g/mol. The molecule has 458 valence electrons. The van der Waals surface area contributed by atoms with Crippen LogP contribution < -0.4 is 26.2 Å². The molecule has 0 spiro atoms. The van der Waals surface area contributed by atoms with Crippen molar-refractivity contribution in [2.45, 2.75) is 52.4 Å². The molecule has 3 aromatic heterocycles. The summed E-state index contributed by atoms with van der Waals surface area (Å²) in [5.74, 6) is 1.17. The number of hydrogen-bond donors (Lipinski definition) is 0. The Kier molecular flexibility index (Phi) is 14.0. The van der Waals surface area contributed by atoms with Gasteiger partial charge in [-0.2, -0.15) is 0 Å². The van der Waals surface area contributed by atoms with E-state index in [1.165, 1.54) is 44.0 Å². The van der Waals surface area contributed by atoms with E-state index >= 15 is 0 Å². The van der Waals surface area contributed by atoms with E-state index in [0.29, 0.717) is 11.6 Å². The molecular formula is C88H68BN7. The summed E-state index contributed by atoms with van der Waals surface area (Å²) < 4.78 is 2.43. The number of para-hydroxylation sites is 4. The summed E-state index contributed by atoms with van der Waals surface area (Å²) in [4.78, 5) is 27.3. The fourth-order valence-corrected chi connectivity index (χ4v) is 14.5. The minimum atomic E-state index is -0.0781. The van der Waals surface area contributed by atoms with Crippen LogP contribution in [0.4, 0.5) is 34.1 Å². The summed E-state index contributed by atoms with van der Waals surface area (Å²) in [5.41, 5.74) is 27.2. The summed E-state index contributed by atoms with van der Waals surface area (Å²) in [5, 5.41) is 2.39. The Hall–Kier alpha value is -11.7. The molecule has 12 aromatic carbocycles. The Morgan fingerprint density at radius 2 is 0.719 bits per heavy atom. The molecule has 0 bridgehead atoms. The maximum Gasteiger partial charge on any atom is 0.252 e. The second-order valence-corrected chi connectivity index (χ2v) is 27.4. The van der Waals surface area contributed by atoms with Gasteiger partial charge in [-0.1, -0.05) is 242 Å². The van der Waals surface area contributed by atoms with Crippen LogP contribution in [-0.2, 0) is 10.8 Å². The third-order valence-corrected chi connectivity index (χ3v) is 19.3. The van der Waals surface area contributed by atoms with Gasteiger partial charge in [0.1, 0.15) is 0 Å². The first kappa shape index (κ1) is 58.1. The predicted molar refractivity (Wildman–Crippen MR) is 401 cm³/mol. The Bertz CT molecular complexity index is 5360. The van der Waals surface area contributed by atoms with Gasteiger partial charge in [-0.25, -0.2) is 19.9 Å². The molecule has 0 saturated carbocycles. The van der Waals surface area contributed by atoms with Crippen LogP contribution in [0, 0.1) is 0 Å². The highest BCUT2D eigenvalue weighted by Crippen LogP contribution is 2.49. The third kappa shape index (κ3) is 10.1. The van der Waals surface area contributed by atoms with E-state index in [-0.39, 0.29) is 17.5 Å². The van der Waals surface area contributed by atoms with Crippen molar-refractivity contribution in [1.29, 1.82) is 0 Å². The summed E-state index contributed by atoms with van der Waals surface area (Å²) >= 11 is 0. The van der Waals surface area contributed by atoms with E-state index < -0.39 is 0 Å². The lowest BCUT2D eigenvalue weighted by atomic mass is 9.33. The van der Waals surface area contributed by atoms with Crippen molar-refractivity contribution in [1.82, 2.24) is 24.5 Å². The Balaban J connectivity index is 0.914. The van der Waals surface area contributed by atoms with Crippen molar-refractivity contribution < 1.29 is 0 Å². The molecule has 0 unspecified atom stereocenters. The van der Waals surface area contributed by atoms with E-state index in [0.717, 1.165) is 112 Å². The van der Waals surface area contributed by atoms with Gasteiger partial charge in [0.25, 0.3) is 6.71 Å². The molecule has 2 aliphatic rings. The van der Waals surface area contributed by atoms with Crippen LogP contribution >= 0.6 is 0 Å². The zero-order chi connectivity index (χ0) is 64.8. The van der Waals surface area contributed by atoms with Crippen LogP contribution in [0.5, 0.6) is 0 Å². The highest BCUT2D eigenvalue weighted by atomic mass is 15.2.